The van der Waals surface area contributed by atoms with E-state index < -0.39 is 6.04 Å². The minimum atomic E-state index is -0.512. The summed E-state index contributed by atoms with van der Waals surface area (Å²) in [6, 6.07) is 5.83. The standard InChI is InChI=1S/C15H19N3O3.Y/c1-17-6-7-18-13(9-17)14(20)16-12(15(18)21)8-10-2-4-11(19)5-3-10;/h2-5,12-13,19H,6-9H2,1H3,(H,16,20);. The molecule has 2 atom stereocenters. The van der Waals surface area contributed by atoms with Gasteiger partial charge in [-0.3, -0.25) is 9.59 Å². The molecule has 2 saturated heterocycles. The molecule has 0 aliphatic carbocycles. The van der Waals surface area contributed by atoms with Gasteiger partial charge in [-0.15, -0.1) is 0 Å². The molecule has 1 radical (unpaired) electrons. The summed E-state index contributed by atoms with van der Waals surface area (Å²) in [5.41, 5.74) is 0.916. The number of nitrogens with zero attached hydrogens (tertiary/aromatic N) is 2. The largest absolute Gasteiger partial charge is 0.508 e. The summed E-state index contributed by atoms with van der Waals surface area (Å²) in [6.07, 6.45) is 0.448. The van der Waals surface area contributed by atoms with Gasteiger partial charge >= 0.3 is 0 Å². The summed E-state index contributed by atoms with van der Waals surface area (Å²) in [4.78, 5) is 28.5. The van der Waals surface area contributed by atoms with E-state index in [2.05, 4.69) is 10.2 Å². The van der Waals surface area contributed by atoms with Gasteiger partial charge in [-0.25, -0.2) is 0 Å². The third-order valence-corrected chi connectivity index (χ3v) is 4.16. The number of hydrogen-bond acceptors (Lipinski definition) is 4. The molecule has 2 unspecified atom stereocenters. The zero-order valence-electron chi connectivity index (χ0n) is 12.5. The van der Waals surface area contributed by atoms with Crippen LogP contribution in [0.5, 0.6) is 5.75 Å². The predicted octanol–water partition coefficient (Wildman–Crippen LogP) is -0.427. The second kappa shape index (κ2) is 7.07. The summed E-state index contributed by atoms with van der Waals surface area (Å²) < 4.78 is 0. The number of rotatable bonds is 2. The number of amides is 2. The molecule has 2 fully saturated rings. The Bertz CT molecular complexity index is 564. The van der Waals surface area contributed by atoms with E-state index in [1.54, 1.807) is 29.2 Å². The van der Waals surface area contributed by atoms with Crippen LogP contribution >= 0.6 is 0 Å². The number of likely N-dealkylation sites (N-methyl/N-ethyl adjacent to an activating group) is 1. The van der Waals surface area contributed by atoms with Crippen molar-refractivity contribution < 1.29 is 47.4 Å². The van der Waals surface area contributed by atoms with Crippen LogP contribution in [0.15, 0.2) is 24.3 Å². The van der Waals surface area contributed by atoms with Crippen molar-refractivity contribution in [2.45, 2.75) is 18.5 Å². The van der Waals surface area contributed by atoms with Crippen molar-refractivity contribution in [2.75, 3.05) is 26.7 Å². The van der Waals surface area contributed by atoms with Gasteiger partial charge in [0.2, 0.25) is 11.8 Å². The molecule has 0 bridgehead atoms. The van der Waals surface area contributed by atoms with Gasteiger partial charge in [0.25, 0.3) is 0 Å². The van der Waals surface area contributed by atoms with Crippen molar-refractivity contribution in [3.63, 3.8) is 0 Å². The minimum Gasteiger partial charge on any atom is -0.508 e. The Morgan fingerprint density at radius 1 is 1.23 bits per heavy atom. The molecule has 0 saturated carbocycles. The molecule has 2 aliphatic rings. The number of phenolic OH excluding ortho intramolecular Hbond substituents is 1. The second-order valence-electron chi connectivity index (χ2n) is 5.74. The summed E-state index contributed by atoms with van der Waals surface area (Å²) in [5.74, 6) is 0.0996. The molecule has 22 heavy (non-hydrogen) atoms. The Kier molecular flexibility index (Phi) is 5.58. The predicted molar refractivity (Wildman–Crippen MR) is 76.7 cm³/mol. The van der Waals surface area contributed by atoms with Gasteiger partial charge in [0, 0.05) is 58.8 Å². The van der Waals surface area contributed by atoms with Crippen molar-refractivity contribution in [3.8, 4) is 5.75 Å². The van der Waals surface area contributed by atoms with Crippen LogP contribution in [0.1, 0.15) is 5.56 Å². The first-order valence-electron chi connectivity index (χ1n) is 7.12. The molecule has 2 amide bonds. The SMILES string of the molecule is CN1CCN2C(=O)C(Cc3ccc(O)cc3)NC(=O)C2C1.[Y]. The quantitative estimate of drug-likeness (QED) is 0.733. The van der Waals surface area contributed by atoms with Crippen LogP contribution < -0.4 is 5.32 Å². The third kappa shape index (κ3) is 3.50. The third-order valence-electron chi connectivity index (χ3n) is 4.16. The van der Waals surface area contributed by atoms with Gasteiger partial charge in [-0.1, -0.05) is 12.1 Å². The molecule has 6 nitrogen and oxygen atoms in total. The molecule has 0 spiro atoms. The van der Waals surface area contributed by atoms with Gasteiger partial charge in [0.15, 0.2) is 0 Å². The summed E-state index contributed by atoms with van der Waals surface area (Å²) in [6.45, 7) is 1.98. The Morgan fingerprint density at radius 3 is 2.59 bits per heavy atom. The first-order chi connectivity index (χ1) is 10.0. The topological polar surface area (TPSA) is 72.9 Å². The average Bonchev–Trinajstić information content (AvgIpc) is 2.47. The first kappa shape index (κ1) is 17.4. The molecule has 2 aliphatic heterocycles. The van der Waals surface area contributed by atoms with Crippen molar-refractivity contribution in [1.29, 1.82) is 0 Å². The van der Waals surface area contributed by atoms with E-state index in [-0.39, 0.29) is 56.3 Å². The Hall–Kier alpha value is -0.976. The van der Waals surface area contributed by atoms with E-state index in [4.69, 9.17) is 0 Å². The fourth-order valence-corrected chi connectivity index (χ4v) is 2.94. The molecule has 3 rings (SSSR count). The average molecular weight is 378 g/mol. The first-order valence-corrected chi connectivity index (χ1v) is 7.12. The van der Waals surface area contributed by atoms with Crippen LogP contribution in [0.3, 0.4) is 0 Å². The molecule has 2 N–H and O–H groups in total. The number of carbonyl (C=O) groups excluding carboxylic acids is 2. The van der Waals surface area contributed by atoms with Crippen molar-refractivity contribution in [2.24, 2.45) is 0 Å². The van der Waals surface area contributed by atoms with Crippen LogP contribution in [-0.4, -0.2) is 65.5 Å². The number of hydrogen-bond donors (Lipinski definition) is 2. The van der Waals surface area contributed by atoms with Gasteiger partial charge < -0.3 is 20.2 Å². The van der Waals surface area contributed by atoms with Crippen molar-refractivity contribution in [1.82, 2.24) is 15.1 Å². The Morgan fingerprint density at radius 2 is 1.91 bits per heavy atom. The zero-order chi connectivity index (χ0) is 15.0. The fourth-order valence-electron chi connectivity index (χ4n) is 2.94. The zero-order valence-corrected chi connectivity index (χ0v) is 15.4. The number of carbonyl (C=O) groups is 2. The normalized spacial score (nSPS) is 25.2. The van der Waals surface area contributed by atoms with Crippen LogP contribution in [-0.2, 0) is 48.7 Å². The molecule has 0 aromatic heterocycles. The van der Waals surface area contributed by atoms with Crippen LogP contribution in [0.4, 0.5) is 0 Å². The number of phenols is 1. The maximum absolute atomic E-state index is 12.5. The maximum Gasteiger partial charge on any atom is 0.246 e. The van der Waals surface area contributed by atoms with E-state index in [0.717, 1.165) is 12.1 Å². The van der Waals surface area contributed by atoms with Gasteiger partial charge in [-0.05, 0) is 24.7 Å². The van der Waals surface area contributed by atoms with E-state index in [1.165, 1.54) is 0 Å². The van der Waals surface area contributed by atoms with E-state index in [1.807, 2.05) is 7.05 Å². The number of aromatic hydroxyl groups is 1. The Labute approximate surface area is 154 Å². The minimum absolute atomic E-state index is 0. The maximum atomic E-state index is 12.5. The van der Waals surface area contributed by atoms with E-state index >= 15 is 0 Å². The summed E-state index contributed by atoms with van der Waals surface area (Å²) >= 11 is 0. The molecule has 1 aromatic rings. The van der Waals surface area contributed by atoms with Crippen LogP contribution in [0.2, 0.25) is 0 Å². The van der Waals surface area contributed by atoms with Gasteiger partial charge in [0.1, 0.15) is 17.8 Å². The van der Waals surface area contributed by atoms with Gasteiger partial charge in [-0.2, -0.15) is 0 Å². The second-order valence-corrected chi connectivity index (χ2v) is 5.74. The smallest absolute Gasteiger partial charge is 0.246 e. The van der Waals surface area contributed by atoms with E-state index in [9.17, 15) is 14.7 Å². The van der Waals surface area contributed by atoms with Crippen molar-refractivity contribution in [3.05, 3.63) is 29.8 Å². The summed E-state index contributed by atoms with van der Waals surface area (Å²) in [7, 11) is 1.96. The molecule has 1 aromatic carbocycles. The van der Waals surface area contributed by atoms with E-state index in [0.29, 0.717) is 19.5 Å². The molecular formula is C15H19N3O3Y. The fraction of sp³-hybridized carbons (Fsp3) is 0.467. The molecular weight excluding hydrogens is 359 g/mol. The van der Waals surface area contributed by atoms with Gasteiger partial charge in [0.05, 0.1) is 0 Å². The molecule has 7 heteroatoms. The summed E-state index contributed by atoms with van der Waals surface area (Å²) in [5, 5.41) is 12.1. The number of benzene rings is 1. The number of piperazine rings is 2. The van der Waals surface area contributed by atoms with Crippen molar-refractivity contribution >= 4 is 11.8 Å². The number of fused-ring (bicyclic) bond motifs is 1. The molecule has 2 heterocycles. The monoisotopic (exact) mass is 378 g/mol. The Balaban J connectivity index is 0.00000176. The van der Waals surface area contributed by atoms with Crippen LogP contribution in [0.25, 0.3) is 0 Å². The number of nitrogens with one attached hydrogen (secondary N) is 1. The molecule has 115 valence electrons. The van der Waals surface area contributed by atoms with Crippen LogP contribution in [0, 0.1) is 0 Å².